The highest BCUT2D eigenvalue weighted by Gasteiger charge is 2.32. The molecule has 2 aromatic carbocycles. The monoisotopic (exact) mass is 467 g/mol. The van der Waals surface area contributed by atoms with Gasteiger partial charge in [0.15, 0.2) is 0 Å². The topological polar surface area (TPSA) is 78.0 Å². The first-order valence-electron chi connectivity index (χ1n) is 8.28. The maximum Gasteiger partial charge on any atom is 0.416 e. The molecule has 0 aliphatic rings. The molecule has 31 heavy (non-hydrogen) atoms. The summed E-state index contributed by atoms with van der Waals surface area (Å²) < 4.78 is 118. The van der Waals surface area contributed by atoms with Gasteiger partial charge in [-0.1, -0.05) is 0 Å². The second-order valence-electron chi connectivity index (χ2n) is 6.47. The van der Waals surface area contributed by atoms with E-state index in [4.69, 9.17) is 5.14 Å². The Morgan fingerprint density at radius 3 is 2.19 bits per heavy atom. The zero-order valence-corrected chi connectivity index (χ0v) is 16.2. The van der Waals surface area contributed by atoms with E-state index in [1.165, 1.54) is 0 Å². The van der Waals surface area contributed by atoms with Gasteiger partial charge in [0.05, 0.1) is 16.9 Å². The third-order valence-electron chi connectivity index (χ3n) is 4.32. The quantitative estimate of drug-likeness (QED) is 0.564. The van der Waals surface area contributed by atoms with Crippen LogP contribution in [-0.4, -0.2) is 18.2 Å². The zero-order valence-electron chi connectivity index (χ0n) is 15.4. The Balaban J connectivity index is 2.25. The molecule has 0 saturated heterocycles. The third-order valence-corrected chi connectivity index (χ3v) is 5.24. The molecule has 0 saturated carbocycles. The molecular formula is C18H12F7N3O2S. The van der Waals surface area contributed by atoms with E-state index in [1.807, 2.05) is 0 Å². The van der Waals surface area contributed by atoms with Crippen LogP contribution in [-0.2, 0) is 16.2 Å². The lowest BCUT2D eigenvalue weighted by Crippen LogP contribution is -2.15. The summed E-state index contributed by atoms with van der Waals surface area (Å²) >= 11 is 0. The van der Waals surface area contributed by atoms with Crippen LogP contribution in [0.25, 0.3) is 16.9 Å². The summed E-state index contributed by atoms with van der Waals surface area (Å²) in [5.41, 5.74) is -3.32. The molecule has 5 nitrogen and oxygen atoms in total. The molecule has 0 atom stereocenters. The van der Waals surface area contributed by atoms with Crippen LogP contribution in [0.4, 0.5) is 30.7 Å². The highest BCUT2D eigenvalue weighted by Crippen LogP contribution is 2.35. The van der Waals surface area contributed by atoms with Gasteiger partial charge in [0.25, 0.3) is 6.43 Å². The van der Waals surface area contributed by atoms with Crippen LogP contribution in [0.2, 0.25) is 0 Å². The fourth-order valence-corrected chi connectivity index (χ4v) is 3.53. The molecule has 1 heterocycles. The van der Waals surface area contributed by atoms with Crippen molar-refractivity contribution in [1.82, 2.24) is 9.78 Å². The number of aromatic nitrogens is 2. The van der Waals surface area contributed by atoms with Crippen molar-refractivity contribution in [2.24, 2.45) is 5.14 Å². The molecule has 0 spiro atoms. The Morgan fingerprint density at radius 1 is 1.03 bits per heavy atom. The number of primary sulfonamides is 1. The van der Waals surface area contributed by atoms with Crippen LogP contribution in [0.15, 0.2) is 41.3 Å². The maximum atomic E-state index is 14.6. The fraction of sp³-hybridized carbons (Fsp3) is 0.167. The van der Waals surface area contributed by atoms with E-state index in [-0.39, 0.29) is 17.3 Å². The molecule has 3 rings (SSSR count). The molecule has 0 radical (unpaired) electrons. The SMILES string of the molecule is Cc1cc(-n2nc(C(F)F)cc2-c2cc(F)c(S(N)(=O)=O)cc2F)ccc1C(F)(F)F. The standard InChI is InChI=1S/C18H12F7N3O2S/c1-8-4-9(2-3-11(8)18(23,24)25)28-15(7-14(27-28)17(21)22)10-5-13(20)16(6-12(10)19)31(26,29)30/h2-7,17H,1H3,(H2,26,29,30). The predicted molar refractivity (Wildman–Crippen MR) is 95.0 cm³/mol. The van der Waals surface area contributed by atoms with Crippen LogP contribution in [0.1, 0.15) is 23.2 Å². The molecule has 3 aromatic rings. The molecule has 0 unspecified atom stereocenters. The number of alkyl halides is 5. The van der Waals surface area contributed by atoms with Gasteiger partial charge in [-0.2, -0.15) is 18.3 Å². The number of halogens is 7. The van der Waals surface area contributed by atoms with Crippen molar-refractivity contribution in [3.05, 3.63) is 64.9 Å². The van der Waals surface area contributed by atoms with E-state index in [1.54, 1.807) is 0 Å². The van der Waals surface area contributed by atoms with Gasteiger partial charge in [-0.3, -0.25) is 0 Å². The molecule has 0 amide bonds. The summed E-state index contributed by atoms with van der Waals surface area (Å²) in [6, 6.07) is 4.02. The van der Waals surface area contributed by atoms with Gasteiger partial charge < -0.3 is 0 Å². The Labute approximate surface area is 171 Å². The van der Waals surface area contributed by atoms with Gasteiger partial charge in [0.1, 0.15) is 22.2 Å². The molecule has 0 aliphatic heterocycles. The number of hydrogen-bond donors (Lipinski definition) is 1. The molecule has 166 valence electrons. The predicted octanol–water partition coefficient (Wildman–Crippen LogP) is 4.73. The Morgan fingerprint density at radius 2 is 1.68 bits per heavy atom. The number of rotatable bonds is 4. The number of sulfonamides is 1. The normalized spacial score (nSPS) is 12.6. The van der Waals surface area contributed by atoms with Gasteiger partial charge in [0.2, 0.25) is 10.0 Å². The molecule has 13 heteroatoms. The van der Waals surface area contributed by atoms with Crippen LogP contribution in [0.3, 0.4) is 0 Å². The Hall–Kier alpha value is -2.93. The summed E-state index contributed by atoms with van der Waals surface area (Å²) in [7, 11) is -4.61. The van der Waals surface area contributed by atoms with Gasteiger partial charge >= 0.3 is 6.18 Å². The van der Waals surface area contributed by atoms with Crippen molar-refractivity contribution in [2.45, 2.75) is 24.4 Å². The van der Waals surface area contributed by atoms with Crippen molar-refractivity contribution in [3.63, 3.8) is 0 Å². The minimum absolute atomic E-state index is 0.136. The van der Waals surface area contributed by atoms with Crippen LogP contribution in [0.5, 0.6) is 0 Å². The van der Waals surface area contributed by atoms with Crippen molar-refractivity contribution in [1.29, 1.82) is 0 Å². The lowest BCUT2D eigenvalue weighted by Gasteiger charge is -2.14. The van der Waals surface area contributed by atoms with E-state index >= 15 is 0 Å². The zero-order chi connectivity index (χ0) is 23.3. The largest absolute Gasteiger partial charge is 0.416 e. The van der Waals surface area contributed by atoms with Crippen LogP contribution >= 0.6 is 0 Å². The lowest BCUT2D eigenvalue weighted by molar-refractivity contribution is -0.138. The van der Waals surface area contributed by atoms with E-state index in [0.29, 0.717) is 22.9 Å². The fourth-order valence-electron chi connectivity index (χ4n) is 2.94. The first-order valence-corrected chi connectivity index (χ1v) is 9.83. The second-order valence-corrected chi connectivity index (χ2v) is 8.00. The summed E-state index contributed by atoms with van der Waals surface area (Å²) in [4.78, 5) is -1.15. The minimum Gasteiger partial charge on any atom is -0.233 e. The van der Waals surface area contributed by atoms with Gasteiger partial charge in [-0.05, 0) is 48.9 Å². The van der Waals surface area contributed by atoms with Gasteiger partial charge in [-0.25, -0.2) is 35.8 Å². The van der Waals surface area contributed by atoms with E-state index < -0.39 is 61.7 Å². The average Bonchev–Trinajstić information content (AvgIpc) is 3.06. The summed E-state index contributed by atoms with van der Waals surface area (Å²) in [5, 5.41) is 8.39. The third kappa shape index (κ3) is 4.42. The van der Waals surface area contributed by atoms with Crippen molar-refractivity contribution < 1.29 is 39.2 Å². The number of benzene rings is 2. The average molecular weight is 467 g/mol. The summed E-state index contributed by atoms with van der Waals surface area (Å²) in [5.74, 6) is -2.77. The summed E-state index contributed by atoms with van der Waals surface area (Å²) in [6.45, 7) is 1.13. The first kappa shape index (κ1) is 22.7. The summed E-state index contributed by atoms with van der Waals surface area (Å²) in [6.07, 6.45) is -7.80. The van der Waals surface area contributed by atoms with Crippen molar-refractivity contribution in [3.8, 4) is 16.9 Å². The molecule has 1 aromatic heterocycles. The molecular weight excluding hydrogens is 455 g/mol. The number of nitrogens with two attached hydrogens (primary N) is 1. The van der Waals surface area contributed by atoms with E-state index in [9.17, 15) is 39.2 Å². The Kier molecular flexibility index (Phi) is 5.61. The second kappa shape index (κ2) is 7.64. The van der Waals surface area contributed by atoms with E-state index in [0.717, 1.165) is 19.1 Å². The Bertz CT molecular complexity index is 1270. The minimum atomic E-state index is -4.66. The molecule has 2 N–H and O–H groups in total. The van der Waals surface area contributed by atoms with Gasteiger partial charge in [-0.15, -0.1) is 0 Å². The molecule has 0 bridgehead atoms. The van der Waals surface area contributed by atoms with Gasteiger partial charge in [0, 0.05) is 5.56 Å². The lowest BCUT2D eigenvalue weighted by atomic mass is 10.1. The van der Waals surface area contributed by atoms with E-state index in [2.05, 4.69) is 5.10 Å². The number of aryl methyl sites for hydroxylation is 1. The van der Waals surface area contributed by atoms with Crippen LogP contribution < -0.4 is 5.14 Å². The maximum absolute atomic E-state index is 14.6. The smallest absolute Gasteiger partial charge is 0.233 e. The van der Waals surface area contributed by atoms with Crippen molar-refractivity contribution in [2.75, 3.05) is 0 Å². The molecule has 0 aliphatic carbocycles. The first-order chi connectivity index (χ1) is 14.2. The number of nitrogens with zero attached hydrogens (tertiary/aromatic N) is 2. The van der Waals surface area contributed by atoms with Crippen LogP contribution in [0, 0.1) is 18.6 Å². The number of hydrogen-bond acceptors (Lipinski definition) is 3. The highest BCUT2D eigenvalue weighted by atomic mass is 32.2. The van der Waals surface area contributed by atoms with Crippen molar-refractivity contribution >= 4 is 10.0 Å². The molecule has 0 fully saturated rings. The highest BCUT2D eigenvalue weighted by molar-refractivity contribution is 7.89.